The van der Waals surface area contributed by atoms with Crippen molar-refractivity contribution in [3.63, 3.8) is 0 Å². The number of nitrogens with one attached hydrogen (secondary N) is 1. The van der Waals surface area contributed by atoms with Gasteiger partial charge in [-0.1, -0.05) is 6.92 Å². The summed E-state index contributed by atoms with van der Waals surface area (Å²) in [6.45, 7) is 1.99. The molecule has 0 heterocycles. The molecule has 100 valence electrons. The average Bonchev–Trinajstić information content (AvgIpc) is 2.36. The van der Waals surface area contributed by atoms with Crippen molar-refractivity contribution in [2.45, 2.75) is 25.9 Å². The summed E-state index contributed by atoms with van der Waals surface area (Å²) in [4.78, 5) is 0. The van der Waals surface area contributed by atoms with Gasteiger partial charge in [0.15, 0.2) is 0 Å². The SMILES string of the molecule is CCC(CC(=N)N)Oc1cc(OC)cc(OC)c1. The number of rotatable bonds is 7. The molecule has 1 unspecified atom stereocenters. The van der Waals surface area contributed by atoms with E-state index in [1.165, 1.54) is 0 Å². The second kappa shape index (κ2) is 6.74. The molecule has 0 bridgehead atoms. The van der Waals surface area contributed by atoms with Crippen molar-refractivity contribution in [3.05, 3.63) is 18.2 Å². The van der Waals surface area contributed by atoms with E-state index in [0.717, 1.165) is 6.42 Å². The van der Waals surface area contributed by atoms with Crippen LogP contribution in [0, 0.1) is 5.41 Å². The van der Waals surface area contributed by atoms with E-state index >= 15 is 0 Å². The third kappa shape index (κ3) is 4.16. The van der Waals surface area contributed by atoms with Gasteiger partial charge in [0, 0.05) is 24.6 Å². The molecule has 18 heavy (non-hydrogen) atoms. The summed E-state index contributed by atoms with van der Waals surface area (Å²) in [5, 5.41) is 7.30. The van der Waals surface area contributed by atoms with Crippen molar-refractivity contribution in [2.75, 3.05) is 14.2 Å². The molecule has 1 aromatic rings. The molecule has 3 N–H and O–H groups in total. The largest absolute Gasteiger partial charge is 0.496 e. The highest BCUT2D eigenvalue weighted by atomic mass is 16.5. The summed E-state index contributed by atoms with van der Waals surface area (Å²) in [6, 6.07) is 5.34. The van der Waals surface area contributed by atoms with Crippen molar-refractivity contribution in [2.24, 2.45) is 5.73 Å². The summed E-state index contributed by atoms with van der Waals surface area (Å²) in [5.74, 6) is 2.11. The van der Waals surface area contributed by atoms with Gasteiger partial charge in [0.25, 0.3) is 0 Å². The third-order valence-electron chi connectivity index (χ3n) is 2.53. The molecule has 0 fully saturated rings. The molecule has 0 aliphatic heterocycles. The Morgan fingerprint density at radius 2 is 1.67 bits per heavy atom. The predicted octanol–water partition coefficient (Wildman–Crippen LogP) is 2.19. The topological polar surface area (TPSA) is 77.6 Å². The van der Waals surface area contributed by atoms with Gasteiger partial charge in [-0.05, 0) is 6.42 Å². The van der Waals surface area contributed by atoms with E-state index in [1.807, 2.05) is 6.92 Å². The van der Waals surface area contributed by atoms with Gasteiger partial charge in [0.1, 0.15) is 23.4 Å². The van der Waals surface area contributed by atoms with Gasteiger partial charge in [-0.15, -0.1) is 0 Å². The molecule has 0 aliphatic carbocycles. The summed E-state index contributed by atoms with van der Waals surface area (Å²) in [6.07, 6.45) is 1.08. The quantitative estimate of drug-likeness (QED) is 0.576. The van der Waals surface area contributed by atoms with Crippen LogP contribution in [0.1, 0.15) is 19.8 Å². The van der Waals surface area contributed by atoms with Crippen LogP contribution in [0.5, 0.6) is 17.2 Å². The first-order valence-corrected chi connectivity index (χ1v) is 5.81. The lowest BCUT2D eigenvalue weighted by Crippen LogP contribution is -2.23. The summed E-state index contributed by atoms with van der Waals surface area (Å²) in [5.41, 5.74) is 5.39. The Kier molecular flexibility index (Phi) is 5.30. The van der Waals surface area contributed by atoms with E-state index in [9.17, 15) is 0 Å². The smallest absolute Gasteiger partial charge is 0.127 e. The zero-order chi connectivity index (χ0) is 13.5. The Bertz CT molecular complexity index is 385. The predicted molar refractivity (Wildman–Crippen MR) is 70.8 cm³/mol. The number of amidine groups is 1. The highest BCUT2D eigenvalue weighted by Crippen LogP contribution is 2.28. The van der Waals surface area contributed by atoms with Gasteiger partial charge < -0.3 is 19.9 Å². The average molecular weight is 252 g/mol. The second-order valence-electron chi connectivity index (χ2n) is 3.93. The maximum atomic E-state index is 7.30. The Balaban J connectivity index is 2.84. The van der Waals surface area contributed by atoms with Crippen LogP contribution in [-0.4, -0.2) is 26.2 Å². The first-order chi connectivity index (χ1) is 8.58. The lowest BCUT2D eigenvalue weighted by atomic mass is 10.2. The van der Waals surface area contributed by atoms with E-state index in [4.69, 9.17) is 25.4 Å². The molecule has 0 amide bonds. The molecule has 0 radical (unpaired) electrons. The van der Waals surface area contributed by atoms with Crippen LogP contribution in [0.3, 0.4) is 0 Å². The zero-order valence-electron chi connectivity index (χ0n) is 11.0. The molecule has 0 aromatic heterocycles. The van der Waals surface area contributed by atoms with Crippen LogP contribution in [0.2, 0.25) is 0 Å². The normalized spacial score (nSPS) is 11.7. The van der Waals surface area contributed by atoms with E-state index in [0.29, 0.717) is 23.7 Å². The molecule has 5 nitrogen and oxygen atoms in total. The van der Waals surface area contributed by atoms with Crippen molar-refractivity contribution >= 4 is 5.84 Å². The third-order valence-corrected chi connectivity index (χ3v) is 2.53. The van der Waals surface area contributed by atoms with Gasteiger partial charge in [-0.2, -0.15) is 0 Å². The van der Waals surface area contributed by atoms with Crippen molar-refractivity contribution in [3.8, 4) is 17.2 Å². The molecule has 1 rings (SSSR count). The zero-order valence-corrected chi connectivity index (χ0v) is 11.0. The molecule has 1 aromatic carbocycles. The standard InChI is InChI=1S/C13H20N2O3/c1-4-9(8-13(14)15)18-12-6-10(16-2)5-11(7-12)17-3/h5-7,9H,4,8H2,1-3H3,(H3,14,15). The fourth-order valence-electron chi connectivity index (χ4n) is 1.56. The highest BCUT2D eigenvalue weighted by molar-refractivity contribution is 5.77. The molecular weight excluding hydrogens is 232 g/mol. The fraction of sp³-hybridized carbons (Fsp3) is 0.462. The van der Waals surface area contributed by atoms with E-state index < -0.39 is 0 Å². The maximum Gasteiger partial charge on any atom is 0.127 e. The minimum atomic E-state index is -0.112. The number of nitrogens with two attached hydrogens (primary N) is 1. The van der Waals surface area contributed by atoms with Crippen molar-refractivity contribution in [1.82, 2.24) is 0 Å². The summed E-state index contributed by atoms with van der Waals surface area (Å²) >= 11 is 0. The molecule has 0 saturated heterocycles. The number of benzene rings is 1. The van der Waals surface area contributed by atoms with Crippen LogP contribution in [0.25, 0.3) is 0 Å². The highest BCUT2D eigenvalue weighted by Gasteiger charge is 2.11. The minimum absolute atomic E-state index is 0.112. The van der Waals surface area contributed by atoms with Crippen LogP contribution < -0.4 is 19.9 Å². The van der Waals surface area contributed by atoms with E-state index in [2.05, 4.69) is 0 Å². The number of hydrogen-bond donors (Lipinski definition) is 2. The van der Waals surface area contributed by atoms with Gasteiger partial charge in [-0.25, -0.2) is 0 Å². The summed E-state index contributed by atoms with van der Waals surface area (Å²) < 4.78 is 16.1. The van der Waals surface area contributed by atoms with Gasteiger partial charge >= 0.3 is 0 Å². The van der Waals surface area contributed by atoms with Crippen LogP contribution >= 0.6 is 0 Å². The molecule has 0 spiro atoms. The molecule has 0 aliphatic rings. The number of methoxy groups -OCH3 is 2. The number of hydrogen-bond acceptors (Lipinski definition) is 4. The molecular formula is C13H20N2O3. The maximum absolute atomic E-state index is 7.30. The van der Waals surface area contributed by atoms with E-state index in [-0.39, 0.29) is 11.9 Å². The van der Waals surface area contributed by atoms with Crippen LogP contribution in [-0.2, 0) is 0 Å². The second-order valence-corrected chi connectivity index (χ2v) is 3.93. The lowest BCUT2D eigenvalue weighted by Gasteiger charge is -2.18. The molecule has 5 heteroatoms. The van der Waals surface area contributed by atoms with Crippen molar-refractivity contribution in [1.29, 1.82) is 5.41 Å². The first kappa shape index (κ1) is 14.2. The van der Waals surface area contributed by atoms with Gasteiger partial charge in [0.05, 0.1) is 20.1 Å². The van der Waals surface area contributed by atoms with Gasteiger partial charge in [0.2, 0.25) is 0 Å². The molecule has 0 saturated carbocycles. The fourth-order valence-corrected chi connectivity index (χ4v) is 1.56. The Labute approximate surface area is 107 Å². The van der Waals surface area contributed by atoms with Crippen LogP contribution in [0.15, 0.2) is 18.2 Å². The molecule has 1 atom stereocenters. The Morgan fingerprint density at radius 1 is 1.17 bits per heavy atom. The Morgan fingerprint density at radius 3 is 2.06 bits per heavy atom. The van der Waals surface area contributed by atoms with Crippen molar-refractivity contribution < 1.29 is 14.2 Å². The van der Waals surface area contributed by atoms with Gasteiger partial charge in [-0.3, -0.25) is 5.41 Å². The monoisotopic (exact) mass is 252 g/mol. The minimum Gasteiger partial charge on any atom is -0.496 e. The Hall–Kier alpha value is -1.91. The lowest BCUT2D eigenvalue weighted by molar-refractivity contribution is 0.203. The first-order valence-electron chi connectivity index (χ1n) is 5.81. The summed E-state index contributed by atoms with van der Waals surface area (Å²) in [7, 11) is 3.18. The van der Waals surface area contributed by atoms with E-state index in [1.54, 1.807) is 32.4 Å². The number of ether oxygens (including phenoxy) is 3. The van der Waals surface area contributed by atoms with Crippen LogP contribution in [0.4, 0.5) is 0 Å².